The Balaban J connectivity index is 2.08. The molecule has 1 amide bonds. The van der Waals surface area contributed by atoms with Crippen molar-refractivity contribution in [3.05, 3.63) is 40.3 Å². The minimum Gasteiger partial charge on any atom is -0.305 e. The van der Waals surface area contributed by atoms with E-state index in [0.717, 1.165) is 5.69 Å². The lowest BCUT2D eigenvalue weighted by Crippen LogP contribution is -2.12. The molecule has 2 aromatic rings. The molecular formula is C12H13BrN4O. The minimum atomic E-state index is -0.225. The van der Waals surface area contributed by atoms with E-state index in [4.69, 9.17) is 0 Å². The molecule has 0 aliphatic rings. The lowest BCUT2D eigenvalue weighted by atomic mass is 10.1. The molecule has 0 unspecified atom stereocenters. The number of carbonyl (C=O) groups is 1. The molecule has 94 valence electrons. The Morgan fingerprint density at radius 3 is 2.78 bits per heavy atom. The molecule has 0 bridgehead atoms. The number of pyridine rings is 1. The fraction of sp³-hybridized carbons (Fsp3) is 0.250. The van der Waals surface area contributed by atoms with Crippen molar-refractivity contribution >= 4 is 27.7 Å². The highest BCUT2D eigenvalue weighted by molar-refractivity contribution is 9.10. The van der Waals surface area contributed by atoms with Gasteiger partial charge in [-0.15, -0.1) is 0 Å². The standard InChI is InChI=1S/C12H13BrN4O/c1-7(2)9-5-11(17-16-9)15-12(18)8-3-4-10(13)14-6-8/h3-7H,1-2H3,(H2,15,16,17,18). The van der Waals surface area contributed by atoms with E-state index in [1.807, 2.05) is 6.07 Å². The first-order valence-electron chi connectivity index (χ1n) is 5.54. The largest absolute Gasteiger partial charge is 0.305 e. The van der Waals surface area contributed by atoms with Gasteiger partial charge in [0.05, 0.1) is 5.56 Å². The van der Waals surface area contributed by atoms with Gasteiger partial charge < -0.3 is 5.32 Å². The molecule has 0 aromatic carbocycles. The minimum absolute atomic E-state index is 0.225. The average Bonchev–Trinajstić information content (AvgIpc) is 2.78. The summed E-state index contributed by atoms with van der Waals surface area (Å²) in [5.74, 6) is 0.640. The molecule has 2 heterocycles. The molecule has 2 rings (SSSR count). The molecule has 0 saturated carbocycles. The van der Waals surface area contributed by atoms with Crippen molar-refractivity contribution in [3.63, 3.8) is 0 Å². The summed E-state index contributed by atoms with van der Waals surface area (Å²) in [4.78, 5) is 15.9. The first-order valence-corrected chi connectivity index (χ1v) is 6.34. The summed E-state index contributed by atoms with van der Waals surface area (Å²) in [6.45, 7) is 4.11. The van der Waals surface area contributed by atoms with E-state index in [1.165, 1.54) is 6.20 Å². The zero-order valence-corrected chi connectivity index (χ0v) is 11.7. The zero-order valence-electron chi connectivity index (χ0n) is 10.1. The molecule has 0 fully saturated rings. The predicted molar refractivity (Wildman–Crippen MR) is 72.6 cm³/mol. The fourth-order valence-corrected chi connectivity index (χ4v) is 1.63. The van der Waals surface area contributed by atoms with Crippen LogP contribution in [-0.4, -0.2) is 21.1 Å². The fourth-order valence-electron chi connectivity index (χ4n) is 1.40. The maximum absolute atomic E-state index is 11.9. The molecule has 0 aliphatic heterocycles. The molecule has 0 saturated heterocycles. The summed E-state index contributed by atoms with van der Waals surface area (Å²) >= 11 is 3.22. The smallest absolute Gasteiger partial charge is 0.258 e. The molecule has 2 N–H and O–H groups in total. The van der Waals surface area contributed by atoms with E-state index in [0.29, 0.717) is 21.9 Å². The summed E-state index contributed by atoms with van der Waals surface area (Å²) in [6, 6.07) is 5.25. The quantitative estimate of drug-likeness (QED) is 0.856. The summed E-state index contributed by atoms with van der Waals surface area (Å²) in [6.07, 6.45) is 1.51. The number of nitrogens with one attached hydrogen (secondary N) is 2. The van der Waals surface area contributed by atoms with E-state index < -0.39 is 0 Å². The third kappa shape index (κ3) is 2.95. The van der Waals surface area contributed by atoms with Crippen LogP contribution in [0.4, 0.5) is 5.82 Å². The van der Waals surface area contributed by atoms with Gasteiger partial charge >= 0.3 is 0 Å². The lowest BCUT2D eigenvalue weighted by Gasteiger charge is -2.01. The second-order valence-electron chi connectivity index (χ2n) is 4.19. The number of hydrogen-bond donors (Lipinski definition) is 2. The van der Waals surface area contributed by atoms with Crippen LogP contribution in [0, 0.1) is 0 Å². The maximum Gasteiger partial charge on any atom is 0.258 e. The number of anilines is 1. The molecule has 2 aromatic heterocycles. The summed E-state index contributed by atoms with van der Waals surface area (Å²) < 4.78 is 0.695. The lowest BCUT2D eigenvalue weighted by molar-refractivity contribution is 0.102. The number of halogens is 1. The highest BCUT2D eigenvalue weighted by atomic mass is 79.9. The predicted octanol–water partition coefficient (Wildman–Crippen LogP) is 2.94. The second-order valence-corrected chi connectivity index (χ2v) is 5.00. The number of amides is 1. The van der Waals surface area contributed by atoms with E-state index >= 15 is 0 Å². The Morgan fingerprint density at radius 2 is 2.22 bits per heavy atom. The average molecular weight is 309 g/mol. The van der Waals surface area contributed by atoms with Crippen LogP contribution in [0.25, 0.3) is 0 Å². The van der Waals surface area contributed by atoms with Crippen LogP contribution >= 0.6 is 15.9 Å². The third-order valence-corrected chi connectivity index (χ3v) is 2.92. The van der Waals surface area contributed by atoms with Crippen molar-refractivity contribution < 1.29 is 4.79 Å². The number of nitrogens with zero attached hydrogens (tertiary/aromatic N) is 2. The van der Waals surface area contributed by atoms with Gasteiger partial charge in [-0.1, -0.05) is 13.8 Å². The first kappa shape index (κ1) is 12.8. The summed E-state index contributed by atoms with van der Waals surface area (Å²) in [5, 5.41) is 9.63. The van der Waals surface area contributed by atoms with Crippen LogP contribution in [0.2, 0.25) is 0 Å². The van der Waals surface area contributed by atoms with Crippen LogP contribution in [0.3, 0.4) is 0 Å². The van der Waals surface area contributed by atoms with E-state index in [9.17, 15) is 4.79 Å². The zero-order chi connectivity index (χ0) is 13.1. The maximum atomic E-state index is 11.9. The molecule has 18 heavy (non-hydrogen) atoms. The molecule has 0 aliphatic carbocycles. The van der Waals surface area contributed by atoms with Crippen LogP contribution in [0.1, 0.15) is 35.8 Å². The van der Waals surface area contributed by atoms with Crippen LogP contribution < -0.4 is 5.32 Å². The number of aromatic nitrogens is 3. The highest BCUT2D eigenvalue weighted by Crippen LogP contribution is 2.15. The third-order valence-electron chi connectivity index (χ3n) is 2.45. The normalized spacial score (nSPS) is 10.7. The van der Waals surface area contributed by atoms with Crippen molar-refractivity contribution in [1.82, 2.24) is 15.2 Å². The van der Waals surface area contributed by atoms with Crippen molar-refractivity contribution in [2.75, 3.05) is 5.32 Å². The van der Waals surface area contributed by atoms with Gasteiger partial charge in [0.15, 0.2) is 5.82 Å². The number of H-pyrrole nitrogens is 1. The Labute approximate surface area is 113 Å². The second kappa shape index (κ2) is 5.30. The molecule has 6 heteroatoms. The molecule has 5 nitrogen and oxygen atoms in total. The topological polar surface area (TPSA) is 70.7 Å². The van der Waals surface area contributed by atoms with Crippen molar-refractivity contribution in [2.45, 2.75) is 19.8 Å². The molecule has 0 radical (unpaired) electrons. The summed E-state index contributed by atoms with van der Waals surface area (Å²) in [5.41, 5.74) is 1.48. The van der Waals surface area contributed by atoms with E-state index in [-0.39, 0.29) is 5.91 Å². The monoisotopic (exact) mass is 308 g/mol. The Morgan fingerprint density at radius 1 is 1.44 bits per heavy atom. The Bertz CT molecular complexity index is 547. The molecule has 0 atom stereocenters. The van der Waals surface area contributed by atoms with E-state index in [1.54, 1.807) is 12.1 Å². The molecule has 0 spiro atoms. The number of rotatable bonds is 3. The van der Waals surface area contributed by atoms with Gasteiger partial charge in [-0.25, -0.2) is 4.98 Å². The van der Waals surface area contributed by atoms with Crippen molar-refractivity contribution in [3.8, 4) is 0 Å². The number of hydrogen-bond acceptors (Lipinski definition) is 3. The van der Waals surface area contributed by atoms with Gasteiger partial charge in [-0.05, 0) is 34.0 Å². The number of carbonyl (C=O) groups excluding carboxylic acids is 1. The van der Waals surface area contributed by atoms with Gasteiger partial charge in [0, 0.05) is 18.0 Å². The van der Waals surface area contributed by atoms with E-state index in [2.05, 4.69) is 50.3 Å². The molecular weight excluding hydrogens is 296 g/mol. The SMILES string of the molecule is CC(C)c1cc(NC(=O)c2ccc(Br)nc2)n[nH]1. The van der Waals surface area contributed by atoms with Crippen molar-refractivity contribution in [1.29, 1.82) is 0 Å². The first-order chi connectivity index (χ1) is 8.56. The van der Waals surface area contributed by atoms with Gasteiger partial charge in [-0.3, -0.25) is 9.89 Å². The van der Waals surface area contributed by atoms with Gasteiger partial charge in [0.2, 0.25) is 0 Å². The Kier molecular flexibility index (Phi) is 3.76. The number of aromatic amines is 1. The van der Waals surface area contributed by atoms with Crippen LogP contribution in [0.15, 0.2) is 29.0 Å². The van der Waals surface area contributed by atoms with Crippen LogP contribution in [0.5, 0.6) is 0 Å². The van der Waals surface area contributed by atoms with Crippen molar-refractivity contribution in [2.24, 2.45) is 0 Å². The summed E-state index contributed by atoms with van der Waals surface area (Å²) in [7, 11) is 0. The van der Waals surface area contributed by atoms with Crippen LogP contribution in [-0.2, 0) is 0 Å². The van der Waals surface area contributed by atoms with Gasteiger partial charge in [0.25, 0.3) is 5.91 Å². The highest BCUT2D eigenvalue weighted by Gasteiger charge is 2.10. The van der Waals surface area contributed by atoms with Gasteiger partial charge in [0.1, 0.15) is 4.60 Å². The van der Waals surface area contributed by atoms with Gasteiger partial charge in [-0.2, -0.15) is 5.10 Å². The Hall–Kier alpha value is -1.69.